The van der Waals surface area contributed by atoms with E-state index >= 15 is 0 Å². The molecule has 2 aromatic rings. The first-order chi connectivity index (χ1) is 10.2. The Labute approximate surface area is 128 Å². The van der Waals surface area contributed by atoms with Gasteiger partial charge in [0.15, 0.2) is 11.5 Å². The molecule has 1 aliphatic rings. The average molecular weight is 308 g/mol. The van der Waals surface area contributed by atoms with E-state index in [1.807, 2.05) is 18.6 Å². The van der Waals surface area contributed by atoms with Gasteiger partial charge in [0.05, 0.1) is 43.5 Å². The third-order valence-corrected chi connectivity index (χ3v) is 3.93. The van der Waals surface area contributed by atoms with Crippen LogP contribution in [0.1, 0.15) is 24.6 Å². The van der Waals surface area contributed by atoms with E-state index < -0.39 is 0 Å². The fourth-order valence-corrected chi connectivity index (χ4v) is 2.55. The molecule has 6 heteroatoms. The minimum atomic E-state index is 0.602. The Morgan fingerprint density at radius 3 is 2.67 bits per heavy atom. The van der Waals surface area contributed by atoms with Crippen molar-refractivity contribution in [3.8, 4) is 11.5 Å². The van der Waals surface area contributed by atoms with E-state index in [2.05, 4.69) is 14.9 Å². The third-order valence-electron chi connectivity index (χ3n) is 3.62. The molecule has 3 rings (SSSR count). The van der Waals surface area contributed by atoms with Gasteiger partial charge in [0, 0.05) is 24.4 Å². The zero-order chi connectivity index (χ0) is 14.8. The number of methoxy groups -OCH3 is 2. The molecule has 0 radical (unpaired) electrons. The number of anilines is 1. The number of imidazole rings is 1. The lowest BCUT2D eigenvalue weighted by Gasteiger charge is -2.14. The van der Waals surface area contributed by atoms with Crippen molar-refractivity contribution in [1.29, 1.82) is 0 Å². The third kappa shape index (κ3) is 2.93. The van der Waals surface area contributed by atoms with E-state index in [0.29, 0.717) is 29.1 Å². The molecule has 1 N–H and O–H groups in total. The summed E-state index contributed by atoms with van der Waals surface area (Å²) in [6.45, 7) is 0.672. The van der Waals surface area contributed by atoms with Gasteiger partial charge in [-0.25, -0.2) is 4.98 Å². The maximum Gasteiger partial charge on any atom is 0.162 e. The van der Waals surface area contributed by atoms with Gasteiger partial charge in [-0.3, -0.25) is 0 Å². The molecule has 21 heavy (non-hydrogen) atoms. The number of hydrogen-bond acceptors (Lipinski definition) is 4. The largest absolute Gasteiger partial charge is 0.493 e. The minimum absolute atomic E-state index is 0.602. The van der Waals surface area contributed by atoms with Crippen molar-refractivity contribution in [2.45, 2.75) is 25.4 Å². The molecule has 0 spiro atoms. The van der Waals surface area contributed by atoms with Crippen LogP contribution in [0.2, 0.25) is 5.02 Å². The number of aromatic nitrogens is 2. The van der Waals surface area contributed by atoms with Gasteiger partial charge >= 0.3 is 0 Å². The topological polar surface area (TPSA) is 48.3 Å². The Hall–Kier alpha value is -1.88. The lowest BCUT2D eigenvalue weighted by atomic mass is 10.2. The van der Waals surface area contributed by atoms with Gasteiger partial charge in [-0.05, 0) is 12.8 Å². The number of nitrogens with zero attached hydrogens (tertiary/aromatic N) is 2. The standard InChI is InChI=1S/C15H18ClN3O2/c1-20-14-5-12(16)13(6-15(14)21-2)18-8-11-7-17-9-19(11)10-3-4-10/h5-7,9-10,18H,3-4,8H2,1-2H3. The molecule has 1 heterocycles. The van der Waals surface area contributed by atoms with Gasteiger partial charge in [0.2, 0.25) is 0 Å². The van der Waals surface area contributed by atoms with Crippen LogP contribution in [-0.2, 0) is 6.54 Å². The summed E-state index contributed by atoms with van der Waals surface area (Å²) in [6, 6.07) is 4.21. The molecule has 1 aromatic heterocycles. The highest BCUT2D eigenvalue weighted by Gasteiger charge is 2.25. The number of ether oxygens (including phenoxy) is 2. The molecule has 1 aliphatic carbocycles. The highest BCUT2D eigenvalue weighted by atomic mass is 35.5. The van der Waals surface area contributed by atoms with Crippen molar-refractivity contribution in [1.82, 2.24) is 9.55 Å². The van der Waals surface area contributed by atoms with Crippen LogP contribution in [0.25, 0.3) is 0 Å². The number of halogens is 1. The highest BCUT2D eigenvalue weighted by molar-refractivity contribution is 6.33. The minimum Gasteiger partial charge on any atom is -0.493 e. The molecule has 0 unspecified atom stereocenters. The van der Waals surface area contributed by atoms with Crippen molar-refractivity contribution in [2.75, 3.05) is 19.5 Å². The molecule has 0 bridgehead atoms. The predicted octanol–water partition coefficient (Wildman–Crippen LogP) is 3.50. The molecule has 1 fully saturated rings. The molecule has 1 saturated carbocycles. The maximum absolute atomic E-state index is 6.27. The number of nitrogens with one attached hydrogen (secondary N) is 1. The molecular formula is C15H18ClN3O2. The lowest BCUT2D eigenvalue weighted by molar-refractivity contribution is 0.355. The zero-order valence-electron chi connectivity index (χ0n) is 12.1. The van der Waals surface area contributed by atoms with Crippen LogP contribution >= 0.6 is 11.6 Å². The zero-order valence-corrected chi connectivity index (χ0v) is 12.9. The van der Waals surface area contributed by atoms with Crippen molar-refractivity contribution in [3.05, 3.63) is 35.4 Å². The molecule has 0 amide bonds. The second-order valence-corrected chi connectivity index (χ2v) is 5.47. The van der Waals surface area contributed by atoms with Crippen molar-refractivity contribution < 1.29 is 9.47 Å². The lowest BCUT2D eigenvalue weighted by Crippen LogP contribution is -2.06. The van der Waals surface area contributed by atoms with Gasteiger partial charge in [0.1, 0.15) is 0 Å². The maximum atomic E-state index is 6.27. The second-order valence-electron chi connectivity index (χ2n) is 5.06. The van der Waals surface area contributed by atoms with Crippen LogP contribution in [0.15, 0.2) is 24.7 Å². The summed E-state index contributed by atoms with van der Waals surface area (Å²) in [6.07, 6.45) is 6.26. The number of hydrogen-bond donors (Lipinski definition) is 1. The summed E-state index contributed by atoms with van der Waals surface area (Å²) < 4.78 is 12.8. The van der Waals surface area contributed by atoms with Crippen molar-refractivity contribution >= 4 is 17.3 Å². The summed E-state index contributed by atoms with van der Waals surface area (Å²) >= 11 is 6.27. The second kappa shape index (κ2) is 5.85. The smallest absolute Gasteiger partial charge is 0.162 e. The van der Waals surface area contributed by atoms with Gasteiger partial charge in [-0.1, -0.05) is 11.6 Å². The Kier molecular flexibility index (Phi) is 3.92. The van der Waals surface area contributed by atoms with Crippen molar-refractivity contribution in [3.63, 3.8) is 0 Å². The van der Waals surface area contributed by atoms with Crippen LogP contribution in [0.3, 0.4) is 0 Å². The summed E-state index contributed by atoms with van der Waals surface area (Å²) in [7, 11) is 3.20. The van der Waals surface area contributed by atoms with E-state index in [1.54, 1.807) is 20.3 Å². The molecule has 112 valence electrons. The van der Waals surface area contributed by atoms with Crippen LogP contribution in [0.5, 0.6) is 11.5 Å². The molecule has 1 aromatic carbocycles. The SMILES string of the molecule is COc1cc(Cl)c(NCc2cncn2C2CC2)cc1OC. The first-order valence-corrected chi connectivity index (χ1v) is 7.27. The average Bonchev–Trinajstić information content (AvgIpc) is 3.24. The van der Waals surface area contributed by atoms with Gasteiger partial charge in [-0.15, -0.1) is 0 Å². The summed E-state index contributed by atoms with van der Waals surface area (Å²) in [5, 5.41) is 3.94. The van der Waals surface area contributed by atoms with Crippen molar-refractivity contribution in [2.24, 2.45) is 0 Å². The Bertz CT molecular complexity index is 638. The Balaban J connectivity index is 1.76. The first-order valence-electron chi connectivity index (χ1n) is 6.89. The summed E-state index contributed by atoms with van der Waals surface area (Å²) in [5.41, 5.74) is 1.97. The molecule has 5 nitrogen and oxygen atoms in total. The van der Waals surface area contributed by atoms with Gasteiger partial charge < -0.3 is 19.4 Å². The molecule has 0 atom stereocenters. The number of benzene rings is 1. The fourth-order valence-electron chi connectivity index (χ4n) is 2.33. The predicted molar refractivity (Wildman–Crippen MR) is 82.4 cm³/mol. The van der Waals surface area contributed by atoms with Gasteiger partial charge in [0.25, 0.3) is 0 Å². The summed E-state index contributed by atoms with van der Waals surface area (Å²) in [4.78, 5) is 4.22. The van der Waals surface area contributed by atoms with E-state index in [-0.39, 0.29) is 0 Å². The molecule has 0 saturated heterocycles. The first kappa shape index (κ1) is 14.1. The van der Waals surface area contributed by atoms with Crippen LogP contribution < -0.4 is 14.8 Å². The number of rotatable bonds is 6. The Morgan fingerprint density at radius 2 is 2.00 bits per heavy atom. The quantitative estimate of drug-likeness (QED) is 0.887. The molecular weight excluding hydrogens is 290 g/mol. The normalized spacial score (nSPS) is 14.0. The van der Waals surface area contributed by atoms with E-state index in [1.165, 1.54) is 12.8 Å². The molecule has 0 aliphatic heterocycles. The highest BCUT2D eigenvalue weighted by Crippen LogP contribution is 2.37. The van der Waals surface area contributed by atoms with E-state index in [9.17, 15) is 0 Å². The van der Waals surface area contributed by atoms with Gasteiger partial charge in [-0.2, -0.15) is 0 Å². The fraction of sp³-hybridized carbons (Fsp3) is 0.400. The Morgan fingerprint density at radius 1 is 1.29 bits per heavy atom. The van der Waals surface area contributed by atoms with E-state index in [0.717, 1.165) is 11.4 Å². The summed E-state index contributed by atoms with van der Waals surface area (Å²) in [5.74, 6) is 1.27. The van der Waals surface area contributed by atoms with Crippen LogP contribution in [0.4, 0.5) is 5.69 Å². The van der Waals surface area contributed by atoms with Crippen LogP contribution in [-0.4, -0.2) is 23.8 Å². The van der Waals surface area contributed by atoms with E-state index in [4.69, 9.17) is 21.1 Å². The monoisotopic (exact) mass is 307 g/mol. The van der Waals surface area contributed by atoms with Crippen LogP contribution in [0, 0.1) is 0 Å².